The van der Waals surface area contributed by atoms with Gasteiger partial charge in [0.2, 0.25) is 0 Å². The third-order valence-corrected chi connectivity index (χ3v) is 5.20. The quantitative estimate of drug-likeness (QED) is 0.425. The van der Waals surface area contributed by atoms with Crippen molar-refractivity contribution in [3.63, 3.8) is 0 Å². The van der Waals surface area contributed by atoms with Crippen LogP contribution in [0.15, 0.2) is 33.0 Å². The molecule has 0 fully saturated rings. The van der Waals surface area contributed by atoms with Crippen LogP contribution in [0.25, 0.3) is 11.0 Å². The van der Waals surface area contributed by atoms with E-state index in [0.717, 1.165) is 60.8 Å². The first-order valence-corrected chi connectivity index (χ1v) is 10.1. The maximum atomic E-state index is 12.3. The van der Waals surface area contributed by atoms with Crippen molar-refractivity contribution in [1.29, 1.82) is 0 Å². The van der Waals surface area contributed by atoms with E-state index in [1.165, 1.54) is 24.8 Å². The predicted molar refractivity (Wildman–Crippen MR) is 107 cm³/mol. The number of unbranched alkanes of at least 4 members (excludes halogenated alkanes) is 3. The molecule has 1 aromatic carbocycles. The van der Waals surface area contributed by atoms with Crippen LogP contribution >= 0.6 is 11.6 Å². The lowest BCUT2D eigenvalue weighted by Gasteiger charge is -2.18. The number of aryl methyl sites for hydroxylation is 2. The molecule has 4 heteroatoms. The van der Waals surface area contributed by atoms with Gasteiger partial charge in [-0.1, -0.05) is 44.4 Å². The molecule has 2 aromatic rings. The third-order valence-electron chi connectivity index (χ3n) is 5.09. The Morgan fingerprint density at radius 3 is 2.69 bits per heavy atom. The highest BCUT2D eigenvalue weighted by atomic mass is 35.5. The SMILES string of the molecule is C=C(Cl)COc1cc2oc(=O)c3c(c2cc1CCCCCC)CCCC3. The minimum atomic E-state index is -0.199. The summed E-state index contributed by atoms with van der Waals surface area (Å²) in [6.07, 6.45) is 9.70. The van der Waals surface area contributed by atoms with Gasteiger partial charge in [-0.15, -0.1) is 0 Å². The van der Waals surface area contributed by atoms with Crippen LogP contribution in [0.4, 0.5) is 0 Å². The molecule has 0 unspecified atom stereocenters. The van der Waals surface area contributed by atoms with Gasteiger partial charge in [-0.25, -0.2) is 4.79 Å². The Hall–Kier alpha value is -1.74. The number of fused-ring (bicyclic) bond motifs is 3. The molecule has 0 atom stereocenters. The second-order valence-electron chi connectivity index (χ2n) is 7.13. The van der Waals surface area contributed by atoms with Crippen LogP contribution in [-0.4, -0.2) is 6.61 Å². The van der Waals surface area contributed by atoms with Crippen molar-refractivity contribution in [2.45, 2.75) is 64.7 Å². The fourth-order valence-electron chi connectivity index (χ4n) is 3.74. The summed E-state index contributed by atoms with van der Waals surface area (Å²) in [7, 11) is 0. The molecule has 0 aliphatic heterocycles. The van der Waals surface area contributed by atoms with Crippen molar-refractivity contribution in [3.05, 3.63) is 50.9 Å². The largest absolute Gasteiger partial charge is 0.488 e. The fourth-order valence-corrected chi connectivity index (χ4v) is 3.80. The molecule has 1 aliphatic carbocycles. The van der Waals surface area contributed by atoms with Crippen molar-refractivity contribution >= 4 is 22.6 Å². The molecule has 0 spiro atoms. The van der Waals surface area contributed by atoms with Gasteiger partial charge in [-0.3, -0.25) is 0 Å². The first kappa shape index (κ1) is 19.0. The number of rotatable bonds is 8. The summed E-state index contributed by atoms with van der Waals surface area (Å²) in [5, 5.41) is 1.52. The van der Waals surface area contributed by atoms with E-state index in [9.17, 15) is 4.79 Å². The standard InChI is InChI=1S/C22H27ClO3/c1-3-4-5-6-9-16-12-19-17-10-7-8-11-18(17)22(24)26-21(19)13-20(16)25-14-15(2)23/h12-13H,2-11,14H2,1H3. The highest BCUT2D eigenvalue weighted by molar-refractivity contribution is 6.29. The number of hydrogen-bond acceptors (Lipinski definition) is 3. The number of hydrogen-bond donors (Lipinski definition) is 0. The zero-order valence-electron chi connectivity index (χ0n) is 15.5. The Kier molecular flexibility index (Phi) is 6.42. The summed E-state index contributed by atoms with van der Waals surface area (Å²) in [5.74, 6) is 0.745. The Labute approximate surface area is 160 Å². The van der Waals surface area contributed by atoms with Crippen molar-refractivity contribution < 1.29 is 9.15 Å². The van der Waals surface area contributed by atoms with Gasteiger partial charge < -0.3 is 9.15 Å². The lowest BCUT2D eigenvalue weighted by Crippen LogP contribution is -2.16. The molecular weight excluding hydrogens is 348 g/mol. The molecule has 3 rings (SSSR count). The Bertz CT molecular complexity index is 851. The smallest absolute Gasteiger partial charge is 0.339 e. The predicted octanol–water partition coefficient (Wildman–Crippen LogP) is 5.93. The Balaban J connectivity index is 2.01. The fraction of sp³-hybridized carbons (Fsp3) is 0.500. The Morgan fingerprint density at radius 1 is 1.19 bits per heavy atom. The zero-order valence-corrected chi connectivity index (χ0v) is 16.3. The molecule has 1 aliphatic rings. The highest BCUT2D eigenvalue weighted by Gasteiger charge is 2.19. The average Bonchev–Trinajstić information content (AvgIpc) is 2.64. The van der Waals surface area contributed by atoms with Crippen molar-refractivity contribution in [3.8, 4) is 5.75 Å². The molecular formula is C22H27ClO3. The van der Waals surface area contributed by atoms with Gasteiger partial charge in [0.05, 0.1) is 0 Å². The van der Waals surface area contributed by atoms with Crippen LogP contribution < -0.4 is 10.4 Å². The van der Waals surface area contributed by atoms with E-state index in [1.807, 2.05) is 6.07 Å². The van der Waals surface area contributed by atoms with Gasteiger partial charge in [0, 0.05) is 22.0 Å². The zero-order chi connectivity index (χ0) is 18.5. The molecule has 0 saturated heterocycles. The molecule has 0 N–H and O–H groups in total. The van der Waals surface area contributed by atoms with Crippen LogP contribution in [0.1, 0.15) is 62.1 Å². The van der Waals surface area contributed by atoms with Gasteiger partial charge in [0.15, 0.2) is 0 Å². The second-order valence-corrected chi connectivity index (χ2v) is 7.66. The van der Waals surface area contributed by atoms with Crippen LogP contribution in [-0.2, 0) is 19.3 Å². The summed E-state index contributed by atoms with van der Waals surface area (Å²) in [4.78, 5) is 12.3. The van der Waals surface area contributed by atoms with E-state index in [0.29, 0.717) is 10.6 Å². The molecule has 0 radical (unpaired) electrons. The number of benzene rings is 1. The van der Waals surface area contributed by atoms with Gasteiger partial charge in [-0.05, 0) is 55.7 Å². The van der Waals surface area contributed by atoms with E-state index in [1.54, 1.807) is 0 Å². The number of halogens is 1. The molecule has 3 nitrogen and oxygen atoms in total. The average molecular weight is 375 g/mol. The van der Waals surface area contributed by atoms with Gasteiger partial charge in [-0.2, -0.15) is 0 Å². The van der Waals surface area contributed by atoms with E-state index in [-0.39, 0.29) is 12.2 Å². The van der Waals surface area contributed by atoms with Gasteiger partial charge >= 0.3 is 5.63 Å². The van der Waals surface area contributed by atoms with E-state index in [2.05, 4.69) is 19.6 Å². The van der Waals surface area contributed by atoms with Gasteiger partial charge in [0.25, 0.3) is 0 Å². The lowest BCUT2D eigenvalue weighted by atomic mass is 9.89. The molecule has 0 saturated carbocycles. The van der Waals surface area contributed by atoms with Crippen molar-refractivity contribution in [1.82, 2.24) is 0 Å². The molecule has 0 amide bonds. The maximum Gasteiger partial charge on any atom is 0.339 e. The third kappa shape index (κ3) is 4.32. The highest BCUT2D eigenvalue weighted by Crippen LogP contribution is 2.33. The summed E-state index contributed by atoms with van der Waals surface area (Å²) in [6, 6.07) is 4.03. The monoisotopic (exact) mass is 374 g/mol. The molecule has 1 heterocycles. The van der Waals surface area contributed by atoms with Gasteiger partial charge in [0.1, 0.15) is 17.9 Å². The lowest BCUT2D eigenvalue weighted by molar-refractivity contribution is 0.354. The second kappa shape index (κ2) is 8.77. The number of ether oxygens (including phenoxy) is 1. The first-order valence-electron chi connectivity index (χ1n) is 9.67. The minimum Gasteiger partial charge on any atom is -0.488 e. The van der Waals surface area contributed by atoms with Crippen LogP contribution in [0.5, 0.6) is 5.75 Å². The normalized spacial score (nSPS) is 13.6. The molecule has 1 aromatic heterocycles. The first-order chi connectivity index (χ1) is 12.6. The topological polar surface area (TPSA) is 39.4 Å². The van der Waals surface area contributed by atoms with Crippen molar-refractivity contribution in [2.75, 3.05) is 6.61 Å². The Morgan fingerprint density at radius 2 is 1.96 bits per heavy atom. The summed E-state index contributed by atoms with van der Waals surface area (Å²) >= 11 is 5.87. The summed E-state index contributed by atoms with van der Waals surface area (Å²) in [5.41, 5.74) is 3.61. The molecule has 0 bridgehead atoms. The summed E-state index contributed by atoms with van der Waals surface area (Å²) < 4.78 is 11.5. The molecule has 26 heavy (non-hydrogen) atoms. The van der Waals surface area contributed by atoms with Crippen LogP contribution in [0, 0.1) is 0 Å². The van der Waals surface area contributed by atoms with E-state index >= 15 is 0 Å². The molecule has 140 valence electrons. The maximum absolute atomic E-state index is 12.3. The minimum absolute atomic E-state index is 0.199. The van der Waals surface area contributed by atoms with Crippen LogP contribution in [0.3, 0.4) is 0 Å². The van der Waals surface area contributed by atoms with Crippen molar-refractivity contribution in [2.24, 2.45) is 0 Å². The van der Waals surface area contributed by atoms with Crippen LogP contribution in [0.2, 0.25) is 0 Å². The summed E-state index contributed by atoms with van der Waals surface area (Å²) in [6.45, 7) is 6.15. The van der Waals surface area contributed by atoms with E-state index < -0.39 is 0 Å². The van der Waals surface area contributed by atoms with E-state index in [4.69, 9.17) is 20.8 Å².